The molecule has 1 saturated heterocycles. The molecule has 136 valence electrons. The largest absolute Gasteiger partial charge is 0.337 e. The maximum absolute atomic E-state index is 12.9. The van der Waals surface area contributed by atoms with Crippen molar-refractivity contribution in [2.75, 3.05) is 19.6 Å². The van der Waals surface area contributed by atoms with Crippen LogP contribution in [-0.4, -0.2) is 41.4 Å². The van der Waals surface area contributed by atoms with Crippen molar-refractivity contribution in [3.05, 3.63) is 70.8 Å². The first-order valence-corrected chi connectivity index (χ1v) is 9.93. The summed E-state index contributed by atoms with van der Waals surface area (Å²) < 4.78 is 0. The molecule has 1 amide bonds. The molecule has 0 saturated carbocycles. The SMILES string of the molecule is CCCc1ccc(C(=O)N2CCC(N3CCc4ccccc4C3)C2)cc1. The van der Waals surface area contributed by atoms with Crippen LogP contribution < -0.4 is 0 Å². The molecular weight excluding hydrogens is 320 g/mol. The Kier molecular flexibility index (Phi) is 5.07. The molecule has 2 aliphatic rings. The van der Waals surface area contributed by atoms with Crippen LogP contribution >= 0.6 is 0 Å². The summed E-state index contributed by atoms with van der Waals surface area (Å²) in [5, 5.41) is 0. The summed E-state index contributed by atoms with van der Waals surface area (Å²) in [4.78, 5) is 17.5. The first-order chi connectivity index (χ1) is 12.7. The summed E-state index contributed by atoms with van der Waals surface area (Å²) in [6, 6.07) is 17.5. The number of nitrogens with zero attached hydrogens (tertiary/aromatic N) is 2. The molecule has 26 heavy (non-hydrogen) atoms. The summed E-state index contributed by atoms with van der Waals surface area (Å²) in [7, 11) is 0. The normalized spacial score (nSPS) is 20.2. The molecule has 1 unspecified atom stereocenters. The van der Waals surface area contributed by atoms with Crippen LogP contribution in [0.3, 0.4) is 0 Å². The Morgan fingerprint density at radius 1 is 1.04 bits per heavy atom. The number of benzene rings is 2. The van der Waals surface area contributed by atoms with Gasteiger partial charge in [-0.1, -0.05) is 49.7 Å². The van der Waals surface area contributed by atoms with Gasteiger partial charge in [-0.2, -0.15) is 0 Å². The van der Waals surface area contributed by atoms with Crippen molar-refractivity contribution in [2.24, 2.45) is 0 Å². The molecule has 0 N–H and O–H groups in total. The van der Waals surface area contributed by atoms with Crippen molar-refractivity contribution in [2.45, 2.75) is 45.2 Å². The predicted molar refractivity (Wildman–Crippen MR) is 105 cm³/mol. The van der Waals surface area contributed by atoms with Crippen molar-refractivity contribution < 1.29 is 4.79 Å². The van der Waals surface area contributed by atoms with Crippen LogP contribution in [0.5, 0.6) is 0 Å². The highest BCUT2D eigenvalue weighted by atomic mass is 16.2. The molecule has 0 aliphatic carbocycles. The lowest BCUT2D eigenvalue weighted by atomic mass is 9.98. The van der Waals surface area contributed by atoms with Crippen molar-refractivity contribution in [1.29, 1.82) is 0 Å². The third-order valence-corrected chi connectivity index (χ3v) is 5.87. The van der Waals surface area contributed by atoms with Crippen LogP contribution in [0.15, 0.2) is 48.5 Å². The van der Waals surface area contributed by atoms with E-state index in [9.17, 15) is 4.79 Å². The van der Waals surface area contributed by atoms with Gasteiger partial charge in [-0.3, -0.25) is 9.69 Å². The molecule has 3 nitrogen and oxygen atoms in total. The minimum Gasteiger partial charge on any atom is -0.337 e. The zero-order valence-electron chi connectivity index (χ0n) is 15.7. The summed E-state index contributed by atoms with van der Waals surface area (Å²) in [6.45, 7) is 6.04. The number of carbonyl (C=O) groups excluding carboxylic acids is 1. The number of hydrogen-bond donors (Lipinski definition) is 0. The first kappa shape index (κ1) is 17.3. The minimum atomic E-state index is 0.188. The molecule has 2 aliphatic heterocycles. The fourth-order valence-corrected chi connectivity index (χ4v) is 4.34. The molecular formula is C23H28N2O. The Bertz CT molecular complexity index is 768. The van der Waals surface area contributed by atoms with Gasteiger partial charge in [-0.05, 0) is 48.1 Å². The number of amides is 1. The van der Waals surface area contributed by atoms with E-state index in [1.54, 1.807) is 0 Å². The molecule has 0 aromatic heterocycles. The van der Waals surface area contributed by atoms with E-state index >= 15 is 0 Å². The lowest BCUT2D eigenvalue weighted by molar-refractivity contribution is 0.0773. The summed E-state index contributed by atoms with van der Waals surface area (Å²) in [5.74, 6) is 0.188. The fraction of sp³-hybridized carbons (Fsp3) is 0.435. The van der Waals surface area contributed by atoms with Crippen molar-refractivity contribution in [1.82, 2.24) is 9.80 Å². The van der Waals surface area contributed by atoms with E-state index in [1.807, 2.05) is 17.0 Å². The van der Waals surface area contributed by atoms with Gasteiger partial charge in [0.1, 0.15) is 0 Å². The maximum atomic E-state index is 12.9. The Hall–Kier alpha value is -2.13. The van der Waals surface area contributed by atoms with Gasteiger partial charge in [0, 0.05) is 37.8 Å². The van der Waals surface area contributed by atoms with E-state index in [0.717, 1.165) is 57.4 Å². The van der Waals surface area contributed by atoms with E-state index in [-0.39, 0.29) is 5.91 Å². The van der Waals surface area contributed by atoms with Crippen molar-refractivity contribution >= 4 is 5.91 Å². The lowest BCUT2D eigenvalue weighted by Gasteiger charge is -2.33. The molecule has 0 radical (unpaired) electrons. The molecule has 3 heteroatoms. The zero-order valence-corrected chi connectivity index (χ0v) is 15.7. The van der Waals surface area contributed by atoms with E-state index in [0.29, 0.717) is 6.04 Å². The zero-order chi connectivity index (χ0) is 17.9. The van der Waals surface area contributed by atoms with Crippen LogP contribution in [0.25, 0.3) is 0 Å². The predicted octanol–water partition coefficient (Wildman–Crippen LogP) is 3.91. The fourth-order valence-electron chi connectivity index (χ4n) is 4.34. The quantitative estimate of drug-likeness (QED) is 0.836. The second-order valence-electron chi connectivity index (χ2n) is 7.63. The second kappa shape index (κ2) is 7.63. The molecule has 2 heterocycles. The van der Waals surface area contributed by atoms with Gasteiger partial charge in [-0.25, -0.2) is 0 Å². The van der Waals surface area contributed by atoms with Gasteiger partial charge in [0.15, 0.2) is 0 Å². The number of carbonyl (C=O) groups is 1. The minimum absolute atomic E-state index is 0.188. The van der Waals surface area contributed by atoms with Gasteiger partial charge in [0.2, 0.25) is 0 Å². The first-order valence-electron chi connectivity index (χ1n) is 9.93. The Morgan fingerprint density at radius 3 is 2.58 bits per heavy atom. The number of likely N-dealkylation sites (tertiary alicyclic amines) is 1. The Labute approximate surface area is 156 Å². The van der Waals surface area contributed by atoms with Crippen LogP contribution in [-0.2, 0) is 19.4 Å². The average molecular weight is 348 g/mol. The third kappa shape index (κ3) is 3.54. The number of rotatable bonds is 4. The van der Waals surface area contributed by atoms with Gasteiger partial charge in [0.05, 0.1) is 0 Å². The van der Waals surface area contributed by atoms with E-state index in [2.05, 4.69) is 48.2 Å². The van der Waals surface area contributed by atoms with Crippen LogP contribution in [0, 0.1) is 0 Å². The van der Waals surface area contributed by atoms with Gasteiger partial charge in [0.25, 0.3) is 5.91 Å². The molecule has 2 aromatic carbocycles. The average Bonchev–Trinajstić information content (AvgIpc) is 3.18. The van der Waals surface area contributed by atoms with Crippen molar-refractivity contribution in [3.8, 4) is 0 Å². The Morgan fingerprint density at radius 2 is 1.81 bits per heavy atom. The Balaban J connectivity index is 1.38. The van der Waals surface area contributed by atoms with Gasteiger partial charge < -0.3 is 4.90 Å². The monoisotopic (exact) mass is 348 g/mol. The van der Waals surface area contributed by atoms with Gasteiger partial charge >= 0.3 is 0 Å². The molecule has 2 aromatic rings. The van der Waals surface area contributed by atoms with E-state index in [4.69, 9.17) is 0 Å². The van der Waals surface area contributed by atoms with Gasteiger partial charge in [-0.15, -0.1) is 0 Å². The number of fused-ring (bicyclic) bond motifs is 1. The summed E-state index contributed by atoms with van der Waals surface area (Å²) in [6.07, 6.45) is 4.43. The highest BCUT2D eigenvalue weighted by Crippen LogP contribution is 2.25. The topological polar surface area (TPSA) is 23.6 Å². The van der Waals surface area contributed by atoms with Crippen LogP contribution in [0.1, 0.15) is 46.8 Å². The molecule has 0 bridgehead atoms. The van der Waals surface area contributed by atoms with Crippen LogP contribution in [0.4, 0.5) is 0 Å². The second-order valence-corrected chi connectivity index (χ2v) is 7.63. The smallest absolute Gasteiger partial charge is 0.253 e. The number of hydrogen-bond acceptors (Lipinski definition) is 2. The van der Waals surface area contributed by atoms with Crippen LogP contribution in [0.2, 0.25) is 0 Å². The maximum Gasteiger partial charge on any atom is 0.253 e. The highest BCUT2D eigenvalue weighted by molar-refractivity contribution is 5.94. The van der Waals surface area contributed by atoms with E-state index in [1.165, 1.54) is 16.7 Å². The summed E-state index contributed by atoms with van der Waals surface area (Å²) in [5.41, 5.74) is 5.08. The molecule has 4 rings (SSSR count). The number of aryl methyl sites for hydroxylation is 1. The lowest BCUT2D eigenvalue weighted by Crippen LogP contribution is -2.41. The standard InChI is InChI=1S/C23H28N2O/c1-2-5-18-8-10-20(11-9-18)23(26)25-15-13-22(17-25)24-14-12-19-6-3-4-7-21(19)16-24/h3-4,6-11,22H,2,5,12-17H2,1H3. The van der Waals surface area contributed by atoms with E-state index < -0.39 is 0 Å². The highest BCUT2D eigenvalue weighted by Gasteiger charge is 2.32. The van der Waals surface area contributed by atoms with Crippen molar-refractivity contribution in [3.63, 3.8) is 0 Å². The molecule has 1 atom stereocenters. The molecule has 0 spiro atoms. The molecule has 1 fully saturated rings. The third-order valence-electron chi connectivity index (χ3n) is 5.87. The summed E-state index contributed by atoms with van der Waals surface area (Å²) >= 11 is 0.